The van der Waals surface area contributed by atoms with Gasteiger partial charge in [-0.3, -0.25) is 9.59 Å². The van der Waals surface area contributed by atoms with Crippen molar-refractivity contribution in [3.05, 3.63) is 46.0 Å². The minimum absolute atomic E-state index is 0.0466. The second-order valence-electron chi connectivity index (χ2n) is 13.6. The summed E-state index contributed by atoms with van der Waals surface area (Å²) in [7, 11) is 0. The molecule has 5 rings (SSSR count). The number of carboxylic acid groups (broad SMARTS) is 1. The molecular weight excluding hydrogens is 593 g/mol. The number of piperidine rings is 1. The van der Waals surface area contributed by atoms with E-state index in [-0.39, 0.29) is 34.7 Å². The molecule has 0 saturated carbocycles. The molecule has 2 amide bonds. The van der Waals surface area contributed by atoms with Crippen LogP contribution in [0.15, 0.2) is 12.1 Å². The Kier molecular flexibility index (Phi) is 9.40. The number of hydrogen-bond acceptors (Lipinski definition) is 7. The summed E-state index contributed by atoms with van der Waals surface area (Å²) in [6.07, 6.45) is 1.45. The first-order valence-corrected chi connectivity index (χ1v) is 16.0. The van der Waals surface area contributed by atoms with Gasteiger partial charge in [-0.2, -0.15) is 5.10 Å². The number of nitrogens with one attached hydrogen (secondary N) is 1. The fraction of sp³-hybridized carbons (Fsp3) is 0.559. The summed E-state index contributed by atoms with van der Waals surface area (Å²) >= 11 is 0. The van der Waals surface area contributed by atoms with Crippen molar-refractivity contribution in [2.45, 2.75) is 85.9 Å². The minimum atomic E-state index is -1.45. The Morgan fingerprint density at radius 3 is 2.50 bits per heavy atom. The van der Waals surface area contributed by atoms with Gasteiger partial charge in [0, 0.05) is 54.0 Å². The van der Waals surface area contributed by atoms with Gasteiger partial charge >= 0.3 is 5.97 Å². The van der Waals surface area contributed by atoms with Gasteiger partial charge in [-0.05, 0) is 77.8 Å². The normalized spacial score (nSPS) is 16.3. The number of hydrogen-bond donors (Lipinski definition) is 2. The van der Waals surface area contributed by atoms with Crippen LogP contribution in [-0.2, 0) is 20.7 Å². The van der Waals surface area contributed by atoms with E-state index in [0.717, 1.165) is 24.8 Å². The summed E-state index contributed by atoms with van der Waals surface area (Å²) in [5, 5.41) is 18.0. The lowest BCUT2D eigenvalue weighted by molar-refractivity contribution is -0.160. The zero-order valence-corrected chi connectivity index (χ0v) is 27.7. The number of aromatic nitrogens is 3. The van der Waals surface area contributed by atoms with E-state index in [1.807, 2.05) is 25.7 Å². The molecule has 2 N–H and O–H groups in total. The molecule has 1 saturated heterocycles. The van der Waals surface area contributed by atoms with E-state index in [4.69, 9.17) is 9.47 Å². The van der Waals surface area contributed by atoms with E-state index in [2.05, 4.69) is 15.4 Å². The molecule has 2 aliphatic heterocycles. The Hall–Kier alpha value is -4.06. The summed E-state index contributed by atoms with van der Waals surface area (Å²) in [6.45, 7) is 14.7. The molecule has 1 aromatic carbocycles. The molecule has 2 aromatic heterocycles. The second-order valence-corrected chi connectivity index (χ2v) is 13.6. The number of carbonyl (C=O) groups excluding carboxylic acids is 2. The lowest BCUT2D eigenvalue weighted by Gasteiger charge is -2.33. The highest BCUT2D eigenvalue weighted by atomic mass is 19.1. The van der Waals surface area contributed by atoms with Crippen LogP contribution in [0.2, 0.25) is 0 Å². The standard InChI is InChI=1S/C34H44FN5O6/c1-18(2)32(42)39-12-10-21(11-13-39)17-36-31(41)25-16-26-37-20(4)27(30(33(43)44)46-34(5,6)7)28(40(26)38-25)23-15-24(35)29-22(19(23)3)9-8-14-45-29/h15-16,18,21,30H,8-14,17H2,1-7H3,(H,36,41)(H,43,44). The zero-order chi connectivity index (χ0) is 33.5. The van der Waals surface area contributed by atoms with Crippen LogP contribution in [0, 0.1) is 31.5 Å². The molecule has 1 unspecified atom stereocenters. The van der Waals surface area contributed by atoms with Crippen molar-refractivity contribution in [3.63, 3.8) is 0 Å². The van der Waals surface area contributed by atoms with Crippen molar-refractivity contribution < 1.29 is 33.4 Å². The smallest absolute Gasteiger partial charge is 0.337 e. The van der Waals surface area contributed by atoms with Gasteiger partial charge in [0.1, 0.15) is 0 Å². The Labute approximate surface area is 268 Å². The molecule has 0 spiro atoms. The summed E-state index contributed by atoms with van der Waals surface area (Å²) in [5.74, 6) is -1.67. The highest BCUT2D eigenvalue weighted by Crippen LogP contribution is 2.41. The van der Waals surface area contributed by atoms with Crippen molar-refractivity contribution >= 4 is 23.4 Å². The Morgan fingerprint density at radius 2 is 1.87 bits per heavy atom. The Balaban J connectivity index is 1.54. The van der Waals surface area contributed by atoms with Crippen LogP contribution in [0.1, 0.15) is 92.9 Å². The maximum atomic E-state index is 15.6. The first-order chi connectivity index (χ1) is 21.7. The number of benzene rings is 1. The number of halogens is 1. The highest BCUT2D eigenvalue weighted by Gasteiger charge is 2.35. The maximum Gasteiger partial charge on any atom is 0.337 e. The van der Waals surface area contributed by atoms with Crippen molar-refractivity contribution in [2.75, 3.05) is 26.2 Å². The monoisotopic (exact) mass is 637 g/mol. The lowest BCUT2D eigenvalue weighted by atomic mass is 9.91. The van der Waals surface area contributed by atoms with Crippen molar-refractivity contribution in [1.29, 1.82) is 0 Å². The largest absolute Gasteiger partial charge is 0.490 e. The van der Waals surface area contributed by atoms with Gasteiger partial charge in [0.2, 0.25) is 5.91 Å². The first-order valence-electron chi connectivity index (χ1n) is 16.0. The van der Waals surface area contributed by atoms with Gasteiger partial charge < -0.3 is 24.8 Å². The molecule has 0 aliphatic carbocycles. The molecule has 1 atom stereocenters. The average molecular weight is 638 g/mol. The van der Waals surface area contributed by atoms with Gasteiger partial charge in [0.25, 0.3) is 5.91 Å². The van der Waals surface area contributed by atoms with Crippen LogP contribution < -0.4 is 10.1 Å². The van der Waals surface area contributed by atoms with E-state index in [9.17, 15) is 19.5 Å². The van der Waals surface area contributed by atoms with Crippen LogP contribution in [-0.4, -0.2) is 74.2 Å². The molecular formula is C34H44FN5O6. The summed E-state index contributed by atoms with van der Waals surface area (Å²) < 4.78 is 28.7. The fourth-order valence-electron chi connectivity index (χ4n) is 6.36. The molecule has 46 heavy (non-hydrogen) atoms. The second kappa shape index (κ2) is 13.0. The molecule has 11 nitrogen and oxygen atoms in total. The zero-order valence-electron chi connectivity index (χ0n) is 27.7. The van der Waals surface area contributed by atoms with E-state index in [1.54, 1.807) is 33.8 Å². The number of amides is 2. The fourth-order valence-corrected chi connectivity index (χ4v) is 6.36. The number of carbonyl (C=O) groups is 3. The van der Waals surface area contributed by atoms with Gasteiger partial charge in [-0.15, -0.1) is 0 Å². The summed E-state index contributed by atoms with van der Waals surface area (Å²) in [5.41, 5.74) is 2.33. The van der Waals surface area contributed by atoms with Gasteiger partial charge in [-0.1, -0.05) is 13.8 Å². The molecule has 248 valence electrons. The van der Waals surface area contributed by atoms with Gasteiger partial charge in [-0.25, -0.2) is 18.7 Å². The number of carboxylic acids is 1. The number of aryl methyl sites for hydroxylation is 1. The van der Waals surface area contributed by atoms with Crippen LogP contribution in [0.3, 0.4) is 0 Å². The number of rotatable bonds is 8. The summed E-state index contributed by atoms with van der Waals surface area (Å²) in [4.78, 5) is 45.0. The number of ether oxygens (including phenoxy) is 2. The number of likely N-dealkylation sites (tertiary alicyclic amines) is 1. The van der Waals surface area contributed by atoms with Gasteiger partial charge in [0.15, 0.2) is 29.0 Å². The molecule has 0 radical (unpaired) electrons. The van der Waals surface area contributed by atoms with Gasteiger partial charge in [0.05, 0.1) is 17.9 Å². The van der Waals surface area contributed by atoms with Crippen LogP contribution >= 0.6 is 0 Å². The first kappa shape index (κ1) is 33.3. The molecule has 2 aliphatic rings. The van der Waals surface area contributed by atoms with Crippen LogP contribution in [0.5, 0.6) is 5.75 Å². The third kappa shape index (κ3) is 6.72. The van der Waals surface area contributed by atoms with E-state index >= 15 is 4.39 Å². The Morgan fingerprint density at radius 1 is 1.17 bits per heavy atom. The van der Waals surface area contributed by atoms with Crippen molar-refractivity contribution in [3.8, 4) is 17.0 Å². The Bertz CT molecular complexity index is 1670. The minimum Gasteiger partial charge on any atom is -0.490 e. The average Bonchev–Trinajstić information content (AvgIpc) is 3.43. The molecule has 12 heteroatoms. The maximum absolute atomic E-state index is 15.6. The molecule has 4 heterocycles. The topological polar surface area (TPSA) is 135 Å². The van der Waals surface area contributed by atoms with Crippen molar-refractivity contribution in [2.24, 2.45) is 11.8 Å². The number of fused-ring (bicyclic) bond motifs is 2. The number of nitrogens with zero attached hydrogens (tertiary/aromatic N) is 4. The third-order valence-corrected chi connectivity index (χ3v) is 8.68. The van der Waals surface area contributed by atoms with Crippen molar-refractivity contribution in [1.82, 2.24) is 24.8 Å². The van der Waals surface area contributed by atoms with Crippen LogP contribution in [0.25, 0.3) is 16.9 Å². The highest BCUT2D eigenvalue weighted by molar-refractivity contribution is 5.93. The van der Waals surface area contributed by atoms with E-state index in [0.29, 0.717) is 60.8 Å². The SMILES string of the molecule is Cc1nc2cc(C(=O)NCC3CCN(C(=O)C(C)C)CC3)nn2c(-c2cc(F)c3c(c2C)CCCO3)c1C(OC(C)(C)C)C(=O)O. The lowest BCUT2D eigenvalue weighted by Crippen LogP contribution is -2.43. The molecule has 3 aromatic rings. The van der Waals surface area contributed by atoms with E-state index in [1.165, 1.54) is 10.6 Å². The predicted molar refractivity (Wildman–Crippen MR) is 169 cm³/mol. The van der Waals surface area contributed by atoms with Crippen LogP contribution in [0.4, 0.5) is 4.39 Å². The molecule has 0 bridgehead atoms. The third-order valence-electron chi connectivity index (χ3n) is 8.68. The summed E-state index contributed by atoms with van der Waals surface area (Å²) in [6, 6.07) is 2.89. The number of aliphatic carboxylic acids is 1. The predicted octanol–water partition coefficient (Wildman–Crippen LogP) is 5.04. The quantitative estimate of drug-likeness (QED) is 0.351. The van der Waals surface area contributed by atoms with E-state index < -0.39 is 29.4 Å². The molecule has 1 fully saturated rings.